The van der Waals surface area contributed by atoms with Gasteiger partial charge < -0.3 is 19.8 Å². The molecule has 388 valence electrons. The molecule has 3 atom stereocenters. The Kier molecular flexibility index (Phi) is 47.7. The minimum absolute atomic E-state index is 0.0635. The summed E-state index contributed by atoms with van der Waals surface area (Å²) in [6, 6.07) is -0.838. The van der Waals surface area contributed by atoms with Crippen LogP contribution < -0.4 is 5.32 Å². The van der Waals surface area contributed by atoms with Crippen molar-refractivity contribution in [3.05, 3.63) is 12.2 Å². The highest BCUT2D eigenvalue weighted by molar-refractivity contribution is 7.47. The minimum atomic E-state index is -4.32. The van der Waals surface area contributed by atoms with Crippen LogP contribution in [0.5, 0.6) is 0 Å². The first kappa shape index (κ1) is 64.2. The molecule has 0 radical (unpaired) electrons. The molecule has 0 bridgehead atoms. The van der Waals surface area contributed by atoms with Gasteiger partial charge in [0.05, 0.1) is 39.9 Å². The van der Waals surface area contributed by atoms with Crippen molar-refractivity contribution in [2.75, 3.05) is 40.9 Å². The second-order valence-electron chi connectivity index (χ2n) is 21.0. The van der Waals surface area contributed by atoms with Gasteiger partial charge in [-0.2, -0.15) is 0 Å². The molecule has 0 aromatic rings. The maximum absolute atomic E-state index is 12.8. The highest BCUT2D eigenvalue weighted by Gasteiger charge is 2.27. The third-order valence-corrected chi connectivity index (χ3v) is 14.2. The number of amides is 1. The van der Waals surface area contributed by atoms with E-state index in [1.54, 1.807) is 6.08 Å². The number of nitrogens with one attached hydrogen (secondary N) is 1. The summed E-state index contributed by atoms with van der Waals surface area (Å²) in [4.78, 5) is 23.0. The van der Waals surface area contributed by atoms with E-state index in [4.69, 9.17) is 9.05 Å². The fraction of sp³-hybridized carbons (Fsp3) is 0.946. The number of nitrogens with zero attached hydrogens (tertiary/aromatic N) is 1. The topological polar surface area (TPSA) is 105 Å². The van der Waals surface area contributed by atoms with Crippen LogP contribution in [0.2, 0.25) is 0 Å². The number of phosphoric acid groups is 1. The van der Waals surface area contributed by atoms with Gasteiger partial charge in [-0.05, 0) is 19.3 Å². The van der Waals surface area contributed by atoms with Gasteiger partial charge in [-0.25, -0.2) is 4.57 Å². The van der Waals surface area contributed by atoms with Crippen molar-refractivity contribution in [3.63, 3.8) is 0 Å². The van der Waals surface area contributed by atoms with Crippen molar-refractivity contribution >= 4 is 13.7 Å². The second kappa shape index (κ2) is 48.3. The van der Waals surface area contributed by atoms with Crippen LogP contribution in [0.25, 0.3) is 0 Å². The maximum atomic E-state index is 12.8. The number of phosphoric ester groups is 1. The first-order valence-corrected chi connectivity index (χ1v) is 30.1. The van der Waals surface area contributed by atoms with Gasteiger partial charge in [0.1, 0.15) is 13.2 Å². The molecular formula is C56H114N2O6P+. The predicted octanol–water partition coefficient (Wildman–Crippen LogP) is 17.0. The van der Waals surface area contributed by atoms with Crippen LogP contribution in [0.4, 0.5) is 0 Å². The molecule has 0 aromatic heterocycles. The number of carbonyl (C=O) groups excluding carboxylic acids is 1. The van der Waals surface area contributed by atoms with Crippen molar-refractivity contribution in [2.24, 2.45) is 0 Å². The minimum Gasteiger partial charge on any atom is -0.387 e. The molecule has 0 aliphatic carbocycles. The number of hydrogen-bond acceptors (Lipinski definition) is 5. The summed E-state index contributed by atoms with van der Waals surface area (Å²) in [7, 11) is 1.58. The maximum Gasteiger partial charge on any atom is 0.472 e. The van der Waals surface area contributed by atoms with E-state index in [1.165, 1.54) is 225 Å². The predicted molar refractivity (Wildman–Crippen MR) is 282 cm³/mol. The van der Waals surface area contributed by atoms with Gasteiger partial charge in [0.15, 0.2) is 0 Å². The van der Waals surface area contributed by atoms with Gasteiger partial charge in [-0.15, -0.1) is 0 Å². The molecule has 3 unspecified atom stereocenters. The van der Waals surface area contributed by atoms with Crippen molar-refractivity contribution in [1.82, 2.24) is 5.32 Å². The lowest BCUT2D eigenvalue weighted by molar-refractivity contribution is -0.870. The molecule has 8 nitrogen and oxygen atoms in total. The zero-order chi connectivity index (χ0) is 47.8. The lowest BCUT2D eigenvalue weighted by Crippen LogP contribution is -2.45. The van der Waals surface area contributed by atoms with Crippen LogP contribution in [0.15, 0.2) is 12.2 Å². The molecule has 0 aliphatic rings. The summed E-state index contributed by atoms with van der Waals surface area (Å²) in [6.07, 6.45) is 59.8. The van der Waals surface area contributed by atoms with Crippen LogP contribution in [-0.2, 0) is 18.4 Å². The Bertz CT molecular complexity index is 1070. The molecule has 0 fully saturated rings. The summed E-state index contributed by atoms with van der Waals surface area (Å²) in [5.41, 5.74) is 0. The van der Waals surface area contributed by atoms with Crippen molar-refractivity contribution < 1.29 is 32.9 Å². The van der Waals surface area contributed by atoms with E-state index in [9.17, 15) is 19.4 Å². The van der Waals surface area contributed by atoms with Crippen LogP contribution in [0.1, 0.15) is 290 Å². The number of carbonyl (C=O) groups is 1. The Morgan fingerprint density at radius 2 is 0.815 bits per heavy atom. The lowest BCUT2D eigenvalue weighted by atomic mass is 10.0. The number of aliphatic hydroxyl groups is 1. The summed E-state index contributed by atoms with van der Waals surface area (Å²) in [6.45, 7) is 4.73. The number of quaternary nitrogens is 1. The molecule has 0 heterocycles. The van der Waals surface area contributed by atoms with Crippen LogP contribution in [-0.4, -0.2) is 73.4 Å². The Balaban J connectivity index is 3.64. The molecule has 9 heteroatoms. The highest BCUT2D eigenvalue weighted by atomic mass is 31.2. The fourth-order valence-corrected chi connectivity index (χ4v) is 9.49. The van der Waals surface area contributed by atoms with Crippen molar-refractivity contribution in [1.29, 1.82) is 0 Å². The van der Waals surface area contributed by atoms with Crippen molar-refractivity contribution in [3.8, 4) is 0 Å². The van der Waals surface area contributed by atoms with Gasteiger partial charge in [0, 0.05) is 6.42 Å². The van der Waals surface area contributed by atoms with Crippen LogP contribution in [0.3, 0.4) is 0 Å². The van der Waals surface area contributed by atoms with Gasteiger partial charge in [-0.1, -0.05) is 276 Å². The Labute approximate surface area is 405 Å². The molecule has 0 aliphatic heterocycles. The third kappa shape index (κ3) is 50.9. The van der Waals surface area contributed by atoms with E-state index in [2.05, 4.69) is 19.2 Å². The van der Waals surface area contributed by atoms with Gasteiger partial charge in [0.25, 0.3) is 0 Å². The van der Waals surface area contributed by atoms with Crippen LogP contribution in [0, 0.1) is 0 Å². The second-order valence-corrected chi connectivity index (χ2v) is 22.5. The monoisotopic (exact) mass is 942 g/mol. The Morgan fingerprint density at radius 3 is 1.14 bits per heavy atom. The molecule has 0 aromatic carbocycles. The first-order chi connectivity index (χ1) is 31.5. The number of aliphatic hydroxyl groups excluding tert-OH is 1. The van der Waals surface area contributed by atoms with E-state index < -0.39 is 20.0 Å². The largest absolute Gasteiger partial charge is 0.472 e. The van der Waals surface area contributed by atoms with Crippen LogP contribution >= 0.6 is 7.82 Å². The molecule has 0 spiro atoms. The normalized spacial score (nSPS) is 14.0. The summed E-state index contributed by atoms with van der Waals surface area (Å²) in [5.74, 6) is -0.179. The summed E-state index contributed by atoms with van der Waals surface area (Å²) in [5, 5.41) is 13.6. The average molecular weight is 943 g/mol. The number of hydrogen-bond donors (Lipinski definition) is 3. The van der Waals surface area contributed by atoms with E-state index in [-0.39, 0.29) is 19.1 Å². The first-order valence-electron chi connectivity index (χ1n) is 28.6. The van der Waals surface area contributed by atoms with Gasteiger partial charge in [-0.3, -0.25) is 13.8 Å². The van der Waals surface area contributed by atoms with Crippen molar-refractivity contribution in [2.45, 2.75) is 302 Å². The van der Waals surface area contributed by atoms with E-state index >= 15 is 0 Å². The molecule has 0 saturated carbocycles. The zero-order valence-corrected chi connectivity index (χ0v) is 45.2. The quantitative estimate of drug-likeness (QED) is 0.0243. The molecule has 65 heavy (non-hydrogen) atoms. The SMILES string of the molecule is CCCCC/C=C/C(O)C(COP(=O)(O)OCC[N+](C)(C)C)NC(=O)CCCCCCCCCCCCCCCCCCCCCCCCCCCCCCCCCCCCCCCC. The molecule has 0 saturated heterocycles. The third-order valence-electron chi connectivity index (χ3n) is 13.3. The number of allylic oxidation sites excluding steroid dienone is 1. The smallest absolute Gasteiger partial charge is 0.387 e. The number of likely N-dealkylation sites (N-methyl/N-ethyl adjacent to an activating group) is 1. The van der Waals surface area contributed by atoms with Gasteiger partial charge in [0.2, 0.25) is 5.91 Å². The molecule has 0 rings (SSSR count). The summed E-state index contributed by atoms with van der Waals surface area (Å²) < 4.78 is 23.4. The fourth-order valence-electron chi connectivity index (χ4n) is 8.75. The molecular weight excluding hydrogens is 828 g/mol. The van der Waals surface area contributed by atoms with Gasteiger partial charge >= 0.3 is 7.82 Å². The van der Waals surface area contributed by atoms with E-state index in [0.29, 0.717) is 17.4 Å². The lowest BCUT2D eigenvalue weighted by Gasteiger charge is -2.25. The highest BCUT2D eigenvalue weighted by Crippen LogP contribution is 2.43. The average Bonchev–Trinajstić information content (AvgIpc) is 3.26. The zero-order valence-electron chi connectivity index (χ0n) is 44.3. The Hall–Kier alpha value is -0.760. The molecule has 3 N–H and O–H groups in total. The Morgan fingerprint density at radius 1 is 0.508 bits per heavy atom. The van der Waals surface area contributed by atoms with E-state index in [1.807, 2.05) is 27.2 Å². The summed E-state index contributed by atoms with van der Waals surface area (Å²) >= 11 is 0. The number of unbranched alkanes of at least 4 members (excludes halogenated alkanes) is 40. The molecule has 1 amide bonds. The van der Waals surface area contributed by atoms with E-state index in [0.717, 1.165) is 44.9 Å². The standard InChI is InChI=1S/C56H113N2O6P/c1-6-8-10-12-13-14-15-16-17-18-19-20-21-22-23-24-25-26-27-28-29-30-31-32-33-34-35-36-37-38-39-40-41-42-43-44-46-48-50-56(60)57-54(55(59)49-47-45-11-9-7-2)53-64-65(61,62)63-52-51-58(3,4)5/h47,49,54-55,59H,6-46,48,50-53H2,1-5H3,(H-,57,60,61,62)/p+1/b49-47+. The number of rotatable bonds is 53.